The standard InChI is InChI=1S/C14H23NO/c1-4-7-12-8-5-6-9-13(12)15-11-10-14(2,3)16/h5-6,8-9,15-16H,4,7,10-11H2,1-3H3. The van der Waals surface area contributed by atoms with Gasteiger partial charge in [0.1, 0.15) is 0 Å². The van der Waals surface area contributed by atoms with E-state index < -0.39 is 5.60 Å². The first-order chi connectivity index (χ1) is 7.53. The van der Waals surface area contributed by atoms with Crippen molar-refractivity contribution in [2.75, 3.05) is 11.9 Å². The van der Waals surface area contributed by atoms with E-state index in [9.17, 15) is 5.11 Å². The third-order valence-electron chi connectivity index (χ3n) is 2.59. The zero-order chi connectivity index (χ0) is 12.0. The molecule has 0 fully saturated rings. The Morgan fingerprint density at radius 1 is 1.25 bits per heavy atom. The van der Waals surface area contributed by atoms with Crippen LogP contribution in [0.1, 0.15) is 39.2 Å². The number of anilines is 1. The Morgan fingerprint density at radius 2 is 1.94 bits per heavy atom. The van der Waals surface area contributed by atoms with Gasteiger partial charge in [-0.25, -0.2) is 0 Å². The van der Waals surface area contributed by atoms with Gasteiger partial charge in [-0.2, -0.15) is 0 Å². The molecule has 1 aromatic carbocycles. The van der Waals surface area contributed by atoms with Crippen molar-refractivity contribution in [1.82, 2.24) is 0 Å². The lowest BCUT2D eigenvalue weighted by atomic mass is 10.0. The van der Waals surface area contributed by atoms with E-state index in [1.165, 1.54) is 11.3 Å². The minimum absolute atomic E-state index is 0.591. The summed E-state index contributed by atoms with van der Waals surface area (Å²) in [5.41, 5.74) is 1.97. The largest absolute Gasteiger partial charge is 0.390 e. The second-order valence-electron chi connectivity index (χ2n) is 4.90. The fraction of sp³-hybridized carbons (Fsp3) is 0.571. The van der Waals surface area contributed by atoms with Gasteiger partial charge in [-0.05, 0) is 38.3 Å². The predicted octanol–water partition coefficient (Wildman–Crippen LogP) is 3.21. The van der Waals surface area contributed by atoms with Gasteiger partial charge in [0, 0.05) is 12.2 Å². The van der Waals surface area contributed by atoms with Crippen molar-refractivity contribution in [2.45, 2.75) is 45.6 Å². The van der Waals surface area contributed by atoms with Crippen LogP contribution in [0.2, 0.25) is 0 Å². The monoisotopic (exact) mass is 221 g/mol. The number of hydrogen-bond donors (Lipinski definition) is 2. The number of aryl methyl sites for hydroxylation is 1. The van der Waals surface area contributed by atoms with Crippen LogP contribution in [0.25, 0.3) is 0 Å². The molecule has 0 amide bonds. The highest BCUT2D eigenvalue weighted by molar-refractivity contribution is 5.51. The van der Waals surface area contributed by atoms with E-state index in [1.54, 1.807) is 0 Å². The molecule has 0 bridgehead atoms. The molecule has 0 saturated heterocycles. The zero-order valence-corrected chi connectivity index (χ0v) is 10.6. The van der Waals surface area contributed by atoms with Crippen LogP contribution in [0, 0.1) is 0 Å². The van der Waals surface area contributed by atoms with Gasteiger partial charge in [-0.15, -0.1) is 0 Å². The zero-order valence-electron chi connectivity index (χ0n) is 10.6. The molecule has 0 aromatic heterocycles. The summed E-state index contributed by atoms with van der Waals surface area (Å²) >= 11 is 0. The van der Waals surface area contributed by atoms with E-state index >= 15 is 0 Å². The molecule has 16 heavy (non-hydrogen) atoms. The molecule has 0 spiro atoms. The van der Waals surface area contributed by atoms with Crippen LogP contribution in [0.3, 0.4) is 0 Å². The molecule has 0 radical (unpaired) electrons. The van der Waals surface area contributed by atoms with E-state index in [2.05, 4.69) is 30.4 Å². The van der Waals surface area contributed by atoms with Crippen molar-refractivity contribution < 1.29 is 5.11 Å². The molecule has 0 atom stereocenters. The summed E-state index contributed by atoms with van der Waals surface area (Å²) in [6, 6.07) is 8.39. The van der Waals surface area contributed by atoms with Gasteiger partial charge in [0.05, 0.1) is 5.60 Å². The second-order valence-corrected chi connectivity index (χ2v) is 4.90. The van der Waals surface area contributed by atoms with Crippen molar-refractivity contribution >= 4 is 5.69 Å². The van der Waals surface area contributed by atoms with Gasteiger partial charge in [0.25, 0.3) is 0 Å². The van der Waals surface area contributed by atoms with Gasteiger partial charge in [-0.3, -0.25) is 0 Å². The van der Waals surface area contributed by atoms with Crippen LogP contribution in [0.15, 0.2) is 24.3 Å². The van der Waals surface area contributed by atoms with E-state index in [0.717, 1.165) is 25.8 Å². The van der Waals surface area contributed by atoms with Crippen LogP contribution in [-0.2, 0) is 6.42 Å². The van der Waals surface area contributed by atoms with Gasteiger partial charge < -0.3 is 10.4 Å². The summed E-state index contributed by atoms with van der Waals surface area (Å²) < 4.78 is 0. The highest BCUT2D eigenvalue weighted by Gasteiger charge is 2.11. The molecule has 0 aliphatic carbocycles. The minimum atomic E-state index is -0.591. The SMILES string of the molecule is CCCc1ccccc1NCCC(C)(C)O. The Morgan fingerprint density at radius 3 is 2.56 bits per heavy atom. The predicted molar refractivity (Wildman–Crippen MR) is 69.8 cm³/mol. The molecule has 0 unspecified atom stereocenters. The van der Waals surface area contributed by atoms with E-state index in [0.29, 0.717) is 0 Å². The summed E-state index contributed by atoms with van der Waals surface area (Å²) in [4.78, 5) is 0. The molecule has 0 aliphatic heterocycles. The molecule has 0 aliphatic rings. The van der Waals surface area contributed by atoms with Crippen LogP contribution in [-0.4, -0.2) is 17.3 Å². The first-order valence-electron chi connectivity index (χ1n) is 6.07. The number of nitrogens with one attached hydrogen (secondary N) is 1. The average Bonchev–Trinajstić information content (AvgIpc) is 2.19. The maximum absolute atomic E-state index is 9.63. The first-order valence-corrected chi connectivity index (χ1v) is 6.07. The second kappa shape index (κ2) is 5.90. The Hall–Kier alpha value is -1.02. The van der Waals surface area contributed by atoms with Crippen molar-refractivity contribution in [3.63, 3.8) is 0 Å². The van der Waals surface area contributed by atoms with Crippen molar-refractivity contribution in [1.29, 1.82) is 0 Å². The molecule has 1 aromatic rings. The molecule has 2 nitrogen and oxygen atoms in total. The van der Waals surface area contributed by atoms with Crippen molar-refractivity contribution in [2.24, 2.45) is 0 Å². The highest BCUT2D eigenvalue weighted by Crippen LogP contribution is 2.17. The van der Waals surface area contributed by atoms with Crippen LogP contribution in [0.5, 0.6) is 0 Å². The summed E-state index contributed by atoms with van der Waals surface area (Å²) in [5, 5.41) is 13.0. The number of hydrogen-bond acceptors (Lipinski definition) is 2. The van der Waals surface area contributed by atoms with Crippen molar-refractivity contribution in [3.05, 3.63) is 29.8 Å². The fourth-order valence-electron chi connectivity index (χ4n) is 1.68. The van der Waals surface area contributed by atoms with Crippen molar-refractivity contribution in [3.8, 4) is 0 Å². The summed E-state index contributed by atoms with van der Waals surface area (Å²) in [7, 11) is 0. The Balaban J connectivity index is 2.52. The Kier molecular flexibility index (Phi) is 4.81. The van der Waals surface area contributed by atoms with Gasteiger partial charge in [-0.1, -0.05) is 31.5 Å². The lowest BCUT2D eigenvalue weighted by Crippen LogP contribution is -2.22. The third-order valence-corrected chi connectivity index (χ3v) is 2.59. The van der Waals surface area contributed by atoms with Gasteiger partial charge in [0.15, 0.2) is 0 Å². The molecule has 0 saturated carbocycles. The number of para-hydroxylation sites is 1. The molecular weight excluding hydrogens is 198 g/mol. The smallest absolute Gasteiger partial charge is 0.0608 e. The molecule has 90 valence electrons. The number of aliphatic hydroxyl groups is 1. The van der Waals surface area contributed by atoms with Gasteiger partial charge >= 0.3 is 0 Å². The summed E-state index contributed by atoms with van der Waals surface area (Å²) in [6.45, 7) is 6.68. The first kappa shape index (κ1) is 13.0. The molecule has 2 heteroatoms. The lowest BCUT2D eigenvalue weighted by Gasteiger charge is -2.18. The lowest BCUT2D eigenvalue weighted by molar-refractivity contribution is 0.0749. The molecular formula is C14H23NO. The number of rotatable bonds is 6. The highest BCUT2D eigenvalue weighted by atomic mass is 16.3. The minimum Gasteiger partial charge on any atom is -0.390 e. The fourth-order valence-corrected chi connectivity index (χ4v) is 1.68. The molecule has 1 rings (SSSR count). The Labute approximate surface area is 98.7 Å². The normalized spacial score (nSPS) is 11.5. The summed E-state index contributed by atoms with van der Waals surface area (Å²) in [6.07, 6.45) is 3.02. The van der Waals surface area contributed by atoms with Gasteiger partial charge in [0.2, 0.25) is 0 Å². The Bertz CT molecular complexity index is 315. The van der Waals surface area contributed by atoms with Crippen LogP contribution >= 0.6 is 0 Å². The van der Waals surface area contributed by atoms with E-state index in [4.69, 9.17) is 0 Å². The molecule has 0 heterocycles. The average molecular weight is 221 g/mol. The van der Waals surface area contributed by atoms with E-state index in [-0.39, 0.29) is 0 Å². The maximum atomic E-state index is 9.63. The third kappa shape index (κ3) is 4.67. The van der Waals surface area contributed by atoms with Crippen LogP contribution < -0.4 is 5.32 Å². The summed E-state index contributed by atoms with van der Waals surface area (Å²) in [5.74, 6) is 0. The maximum Gasteiger partial charge on any atom is 0.0608 e. The quantitative estimate of drug-likeness (QED) is 0.773. The van der Waals surface area contributed by atoms with E-state index in [1.807, 2.05) is 19.9 Å². The topological polar surface area (TPSA) is 32.3 Å². The number of benzene rings is 1. The van der Waals surface area contributed by atoms with Crippen LogP contribution in [0.4, 0.5) is 5.69 Å². The molecule has 2 N–H and O–H groups in total.